The highest BCUT2D eigenvalue weighted by atomic mass is 16.5. The first kappa shape index (κ1) is 25.3. The quantitative estimate of drug-likeness (QED) is 0.481. The Hall–Kier alpha value is -3.35. The fourth-order valence-electron chi connectivity index (χ4n) is 4.43. The molecule has 2 atom stereocenters. The molecule has 0 bridgehead atoms. The van der Waals surface area contributed by atoms with Crippen LogP contribution in [0.5, 0.6) is 0 Å². The predicted octanol–water partition coefficient (Wildman–Crippen LogP) is 4.41. The lowest BCUT2D eigenvalue weighted by Gasteiger charge is -2.23. The van der Waals surface area contributed by atoms with Crippen LogP contribution in [0.4, 0.5) is 4.79 Å². The summed E-state index contributed by atoms with van der Waals surface area (Å²) in [7, 11) is 0. The molecule has 0 heterocycles. The summed E-state index contributed by atoms with van der Waals surface area (Å²) in [5.74, 6) is -2.12. The summed E-state index contributed by atoms with van der Waals surface area (Å²) in [6.45, 7) is 7.66. The highest BCUT2D eigenvalue weighted by Crippen LogP contribution is 2.44. The number of hydrogen-bond acceptors (Lipinski definition) is 4. The summed E-state index contributed by atoms with van der Waals surface area (Å²) in [6, 6.07) is 15.4. The van der Waals surface area contributed by atoms with Gasteiger partial charge in [-0.15, -0.1) is 0 Å². The number of carboxylic acid groups (broad SMARTS) is 1. The summed E-state index contributed by atoms with van der Waals surface area (Å²) < 4.78 is 5.58. The number of aliphatic carboxylic acids is 1. The number of carbonyl (C=O) groups is 3. The fourth-order valence-corrected chi connectivity index (χ4v) is 4.43. The van der Waals surface area contributed by atoms with E-state index in [1.165, 1.54) is 0 Å². The van der Waals surface area contributed by atoms with Gasteiger partial charge in [0.25, 0.3) is 0 Å². The van der Waals surface area contributed by atoms with Gasteiger partial charge in [0.1, 0.15) is 12.6 Å². The molecule has 2 amide bonds. The average molecular weight is 467 g/mol. The number of alkyl carbamates (subject to hydrolysis) is 1. The summed E-state index contributed by atoms with van der Waals surface area (Å²) in [5.41, 5.74) is 4.51. The number of hydrogen-bond donors (Lipinski definition) is 3. The SMILES string of the molecule is CC(C)C[C@H](NC(=O)OCC1c2ccccc2-c2ccccc21)C(=O)NCC(C(=O)O)C(C)C. The smallest absolute Gasteiger partial charge is 0.407 e. The summed E-state index contributed by atoms with van der Waals surface area (Å²) in [4.78, 5) is 36.9. The van der Waals surface area contributed by atoms with Crippen molar-refractivity contribution in [1.82, 2.24) is 10.6 Å². The predicted molar refractivity (Wildman–Crippen MR) is 130 cm³/mol. The van der Waals surface area contributed by atoms with Gasteiger partial charge < -0.3 is 20.5 Å². The Bertz CT molecular complexity index is 988. The van der Waals surface area contributed by atoms with Crippen molar-refractivity contribution in [3.05, 3.63) is 59.7 Å². The topological polar surface area (TPSA) is 105 Å². The Morgan fingerprint density at radius 1 is 0.941 bits per heavy atom. The fraction of sp³-hybridized carbons (Fsp3) is 0.444. The standard InChI is InChI=1S/C27H34N2O5/c1-16(2)13-24(25(30)28-14-22(17(3)4)26(31)32)29-27(33)34-15-23-20-11-7-5-9-18(20)19-10-6-8-12-21(19)23/h5-12,16-17,22-24H,13-15H2,1-4H3,(H,28,30)(H,29,33)(H,31,32)/t22?,24-/m0/s1. The monoisotopic (exact) mass is 466 g/mol. The Kier molecular flexibility index (Phi) is 8.31. The summed E-state index contributed by atoms with van der Waals surface area (Å²) >= 11 is 0. The van der Waals surface area contributed by atoms with Crippen molar-refractivity contribution in [2.45, 2.75) is 46.1 Å². The van der Waals surface area contributed by atoms with Crippen molar-refractivity contribution in [3.63, 3.8) is 0 Å². The van der Waals surface area contributed by atoms with E-state index in [0.29, 0.717) is 6.42 Å². The highest BCUT2D eigenvalue weighted by Gasteiger charge is 2.30. The van der Waals surface area contributed by atoms with Crippen LogP contribution in [-0.4, -0.2) is 42.3 Å². The minimum absolute atomic E-state index is 0.00674. The minimum atomic E-state index is -0.958. The van der Waals surface area contributed by atoms with Gasteiger partial charge in [0, 0.05) is 12.5 Å². The number of amides is 2. The molecule has 0 fully saturated rings. The zero-order valence-corrected chi connectivity index (χ0v) is 20.2. The van der Waals surface area contributed by atoms with Gasteiger partial charge in [-0.2, -0.15) is 0 Å². The minimum Gasteiger partial charge on any atom is -0.481 e. The Labute approximate surface area is 200 Å². The van der Waals surface area contributed by atoms with E-state index in [-0.39, 0.29) is 30.9 Å². The Morgan fingerprint density at radius 3 is 2.00 bits per heavy atom. The molecule has 34 heavy (non-hydrogen) atoms. The molecule has 3 N–H and O–H groups in total. The van der Waals surface area contributed by atoms with E-state index in [4.69, 9.17) is 4.74 Å². The van der Waals surface area contributed by atoms with E-state index in [0.717, 1.165) is 22.3 Å². The molecule has 2 aromatic rings. The number of benzene rings is 2. The second-order valence-electron chi connectivity index (χ2n) is 9.59. The van der Waals surface area contributed by atoms with Crippen LogP contribution in [0.2, 0.25) is 0 Å². The van der Waals surface area contributed by atoms with Gasteiger partial charge in [-0.25, -0.2) is 4.79 Å². The van der Waals surface area contributed by atoms with Crippen LogP contribution in [0.1, 0.15) is 51.2 Å². The van der Waals surface area contributed by atoms with E-state index >= 15 is 0 Å². The van der Waals surface area contributed by atoms with Gasteiger partial charge >= 0.3 is 12.1 Å². The highest BCUT2D eigenvalue weighted by molar-refractivity contribution is 5.86. The molecule has 1 aliphatic rings. The normalized spacial score (nSPS) is 14.3. The van der Waals surface area contributed by atoms with Gasteiger partial charge in [0.05, 0.1) is 5.92 Å². The van der Waals surface area contributed by atoms with Crippen molar-refractivity contribution >= 4 is 18.0 Å². The van der Waals surface area contributed by atoms with Crippen LogP contribution in [0.15, 0.2) is 48.5 Å². The van der Waals surface area contributed by atoms with E-state index in [1.54, 1.807) is 13.8 Å². The zero-order valence-electron chi connectivity index (χ0n) is 20.2. The van der Waals surface area contributed by atoms with Gasteiger partial charge in [-0.3, -0.25) is 9.59 Å². The van der Waals surface area contributed by atoms with Crippen LogP contribution >= 0.6 is 0 Å². The van der Waals surface area contributed by atoms with E-state index < -0.39 is 29.9 Å². The molecule has 0 aliphatic heterocycles. The van der Waals surface area contributed by atoms with Crippen LogP contribution in [0.3, 0.4) is 0 Å². The van der Waals surface area contributed by atoms with E-state index in [9.17, 15) is 19.5 Å². The third-order valence-electron chi connectivity index (χ3n) is 6.28. The number of carbonyl (C=O) groups excluding carboxylic acids is 2. The maximum atomic E-state index is 12.8. The van der Waals surface area contributed by atoms with Crippen molar-refractivity contribution in [1.29, 1.82) is 0 Å². The van der Waals surface area contributed by atoms with E-state index in [1.807, 2.05) is 50.2 Å². The molecule has 182 valence electrons. The van der Waals surface area contributed by atoms with Crippen molar-refractivity contribution in [2.24, 2.45) is 17.8 Å². The molecule has 0 saturated heterocycles. The number of carboxylic acids is 1. The first-order valence-corrected chi connectivity index (χ1v) is 11.8. The molecule has 0 spiro atoms. The lowest BCUT2D eigenvalue weighted by molar-refractivity contribution is -0.143. The molecule has 1 aliphatic carbocycles. The third-order valence-corrected chi connectivity index (χ3v) is 6.28. The zero-order chi connectivity index (χ0) is 24.8. The molecule has 0 radical (unpaired) electrons. The first-order chi connectivity index (χ1) is 16.2. The number of fused-ring (bicyclic) bond motifs is 3. The molecular weight excluding hydrogens is 432 g/mol. The average Bonchev–Trinajstić information content (AvgIpc) is 3.10. The molecule has 0 aromatic heterocycles. The molecule has 2 aromatic carbocycles. The van der Waals surface area contributed by atoms with Crippen molar-refractivity contribution in [2.75, 3.05) is 13.2 Å². The first-order valence-electron chi connectivity index (χ1n) is 11.8. The molecule has 0 saturated carbocycles. The second-order valence-corrected chi connectivity index (χ2v) is 9.59. The number of nitrogens with one attached hydrogen (secondary N) is 2. The maximum absolute atomic E-state index is 12.8. The third kappa shape index (κ3) is 5.95. The number of ether oxygens (including phenoxy) is 1. The Balaban J connectivity index is 1.63. The molecule has 3 rings (SSSR count). The summed E-state index contributed by atoms with van der Waals surface area (Å²) in [6.07, 6.45) is -0.253. The van der Waals surface area contributed by atoms with Gasteiger partial charge in [-0.05, 0) is 40.5 Å². The Morgan fingerprint density at radius 2 is 1.50 bits per heavy atom. The second kappa shape index (κ2) is 11.2. The largest absolute Gasteiger partial charge is 0.481 e. The molecule has 7 nitrogen and oxygen atoms in total. The van der Waals surface area contributed by atoms with Crippen LogP contribution < -0.4 is 10.6 Å². The lowest BCUT2D eigenvalue weighted by Crippen LogP contribution is -2.49. The summed E-state index contributed by atoms with van der Waals surface area (Å²) in [5, 5.41) is 14.7. The van der Waals surface area contributed by atoms with Gasteiger partial charge in [-0.1, -0.05) is 76.2 Å². The van der Waals surface area contributed by atoms with Gasteiger partial charge in [0.15, 0.2) is 0 Å². The van der Waals surface area contributed by atoms with Crippen molar-refractivity contribution < 1.29 is 24.2 Å². The maximum Gasteiger partial charge on any atom is 0.407 e. The van der Waals surface area contributed by atoms with Crippen LogP contribution in [-0.2, 0) is 14.3 Å². The molecule has 1 unspecified atom stereocenters. The number of rotatable bonds is 10. The van der Waals surface area contributed by atoms with Crippen LogP contribution in [0, 0.1) is 17.8 Å². The van der Waals surface area contributed by atoms with E-state index in [2.05, 4.69) is 22.8 Å². The van der Waals surface area contributed by atoms with Gasteiger partial charge in [0.2, 0.25) is 5.91 Å². The lowest BCUT2D eigenvalue weighted by atomic mass is 9.95. The van der Waals surface area contributed by atoms with Crippen molar-refractivity contribution in [3.8, 4) is 11.1 Å². The van der Waals surface area contributed by atoms with Crippen LogP contribution in [0.25, 0.3) is 11.1 Å². The molecular formula is C27H34N2O5. The molecule has 7 heteroatoms.